The number of methoxy groups -OCH3 is 1. The van der Waals surface area contributed by atoms with Gasteiger partial charge in [0.2, 0.25) is 5.91 Å². The van der Waals surface area contributed by atoms with Gasteiger partial charge in [0.15, 0.2) is 5.16 Å². The average Bonchev–Trinajstić information content (AvgIpc) is 3.04. The number of hydrogen-bond acceptors (Lipinski definition) is 5. The van der Waals surface area contributed by atoms with Crippen LogP contribution < -0.4 is 5.32 Å². The highest BCUT2D eigenvalue weighted by Crippen LogP contribution is 2.24. The van der Waals surface area contributed by atoms with E-state index in [4.69, 9.17) is 0 Å². The lowest BCUT2D eigenvalue weighted by molar-refractivity contribution is -0.113. The van der Waals surface area contributed by atoms with Crippen molar-refractivity contribution < 1.29 is 14.3 Å². The Hall–Kier alpha value is -2.80. The maximum Gasteiger partial charge on any atom is 0.337 e. The van der Waals surface area contributed by atoms with Gasteiger partial charge in [0.05, 0.1) is 29.5 Å². The molecule has 0 radical (unpaired) electrons. The van der Waals surface area contributed by atoms with Crippen molar-refractivity contribution in [3.05, 3.63) is 54.1 Å². The molecule has 0 spiro atoms. The summed E-state index contributed by atoms with van der Waals surface area (Å²) < 4.78 is 6.75. The number of hydrogen-bond donors (Lipinski definition) is 1. The van der Waals surface area contributed by atoms with E-state index in [0.717, 1.165) is 22.7 Å². The fourth-order valence-electron chi connectivity index (χ4n) is 2.60. The molecule has 1 aromatic heterocycles. The van der Waals surface area contributed by atoms with Gasteiger partial charge in [-0.2, -0.15) is 0 Å². The van der Waals surface area contributed by atoms with Crippen LogP contribution in [-0.4, -0.2) is 34.3 Å². The minimum absolute atomic E-state index is 0.129. The van der Waals surface area contributed by atoms with Crippen LogP contribution in [0.1, 0.15) is 17.3 Å². The number of para-hydroxylation sites is 2. The van der Waals surface area contributed by atoms with Crippen molar-refractivity contribution in [2.24, 2.45) is 0 Å². The summed E-state index contributed by atoms with van der Waals surface area (Å²) in [6, 6.07) is 14.5. The van der Waals surface area contributed by atoms with Gasteiger partial charge in [-0.3, -0.25) is 4.79 Å². The Balaban J connectivity index is 1.63. The van der Waals surface area contributed by atoms with E-state index < -0.39 is 5.97 Å². The second-order valence-corrected chi connectivity index (χ2v) is 6.48. The Labute approximate surface area is 155 Å². The van der Waals surface area contributed by atoms with Crippen LogP contribution in [0.25, 0.3) is 11.0 Å². The summed E-state index contributed by atoms with van der Waals surface area (Å²) in [6.45, 7) is 2.85. The molecule has 0 unspecified atom stereocenters. The molecule has 3 aromatic rings. The number of carbonyl (C=O) groups is 2. The Morgan fingerprint density at radius 3 is 2.58 bits per heavy atom. The highest BCUT2D eigenvalue weighted by molar-refractivity contribution is 7.99. The van der Waals surface area contributed by atoms with Crippen molar-refractivity contribution in [2.45, 2.75) is 18.6 Å². The highest BCUT2D eigenvalue weighted by Gasteiger charge is 2.12. The molecule has 0 saturated carbocycles. The molecular formula is C19H19N3O3S. The standard InChI is InChI=1S/C19H19N3O3S/c1-3-22-16-7-5-4-6-15(16)21-19(22)26-12-17(23)20-14-10-8-13(9-11-14)18(24)25-2/h4-11H,3,12H2,1-2H3,(H,20,23). The fourth-order valence-corrected chi connectivity index (χ4v) is 3.48. The van der Waals surface area contributed by atoms with Gasteiger partial charge >= 0.3 is 5.97 Å². The molecule has 1 heterocycles. The second-order valence-electron chi connectivity index (χ2n) is 5.53. The topological polar surface area (TPSA) is 73.2 Å². The Morgan fingerprint density at radius 1 is 1.15 bits per heavy atom. The molecule has 134 valence electrons. The first-order valence-corrected chi connectivity index (χ1v) is 9.17. The molecule has 0 aliphatic carbocycles. The van der Waals surface area contributed by atoms with E-state index in [-0.39, 0.29) is 11.7 Å². The smallest absolute Gasteiger partial charge is 0.337 e. The predicted molar refractivity (Wildman–Crippen MR) is 103 cm³/mol. The third-order valence-electron chi connectivity index (χ3n) is 3.86. The largest absolute Gasteiger partial charge is 0.465 e. The number of amides is 1. The van der Waals surface area contributed by atoms with Crippen molar-refractivity contribution in [3.63, 3.8) is 0 Å². The summed E-state index contributed by atoms with van der Waals surface area (Å²) in [4.78, 5) is 28.2. The van der Waals surface area contributed by atoms with Crippen LogP contribution >= 0.6 is 11.8 Å². The van der Waals surface area contributed by atoms with Crippen LogP contribution in [0.2, 0.25) is 0 Å². The highest BCUT2D eigenvalue weighted by atomic mass is 32.2. The van der Waals surface area contributed by atoms with Crippen LogP contribution in [0, 0.1) is 0 Å². The summed E-state index contributed by atoms with van der Waals surface area (Å²) in [5, 5.41) is 3.64. The van der Waals surface area contributed by atoms with Crippen molar-refractivity contribution in [1.82, 2.24) is 9.55 Å². The number of aromatic nitrogens is 2. The van der Waals surface area contributed by atoms with Gasteiger partial charge in [-0.05, 0) is 43.3 Å². The molecule has 7 heteroatoms. The molecule has 1 N–H and O–H groups in total. The number of aryl methyl sites for hydroxylation is 1. The maximum atomic E-state index is 12.2. The molecule has 2 aromatic carbocycles. The van der Waals surface area contributed by atoms with Crippen molar-refractivity contribution in [3.8, 4) is 0 Å². The number of esters is 1. The number of benzene rings is 2. The predicted octanol–water partition coefficient (Wildman–Crippen LogP) is 3.57. The fraction of sp³-hybridized carbons (Fsp3) is 0.211. The van der Waals surface area contributed by atoms with E-state index in [1.807, 2.05) is 24.3 Å². The van der Waals surface area contributed by atoms with E-state index in [1.165, 1.54) is 18.9 Å². The zero-order valence-electron chi connectivity index (χ0n) is 14.6. The van der Waals surface area contributed by atoms with E-state index >= 15 is 0 Å². The molecule has 0 bridgehead atoms. The van der Waals surface area contributed by atoms with Crippen LogP contribution in [0.3, 0.4) is 0 Å². The number of anilines is 1. The molecule has 1 amide bonds. The van der Waals surface area contributed by atoms with Gasteiger partial charge in [0.25, 0.3) is 0 Å². The zero-order valence-corrected chi connectivity index (χ0v) is 15.4. The number of nitrogens with zero attached hydrogens (tertiary/aromatic N) is 2. The first-order chi connectivity index (χ1) is 12.6. The Kier molecular flexibility index (Phi) is 5.58. The number of imidazole rings is 1. The van der Waals surface area contributed by atoms with E-state index in [1.54, 1.807) is 24.3 Å². The molecule has 0 aliphatic rings. The number of rotatable bonds is 6. The monoisotopic (exact) mass is 369 g/mol. The van der Waals surface area contributed by atoms with Gasteiger partial charge in [-0.15, -0.1) is 0 Å². The second kappa shape index (κ2) is 8.05. The summed E-state index contributed by atoms with van der Waals surface area (Å²) >= 11 is 1.40. The first kappa shape index (κ1) is 18.0. The Morgan fingerprint density at radius 2 is 1.88 bits per heavy atom. The van der Waals surface area contributed by atoms with Crippen molar-refractivity contribution >= 4 is 40.4 Å². The number of thioether (sulfide) groups is 1. The van der Waals surface area contributed by atoms with Gasteiger partial charge in [-0.1, -0.05) is 23.9 Å². The summed E-state index contributed by atoms with van der Waals surface area (Å²) in [7, 11) is 1.33. The summed E-state index contributed by atoms with van der Waals surface area (Å²) in [5.74, 6) is -0.283. The van der Waals surface area contributed by atoms with Gasteiger partial charge in [0, 0.05) is 12.2 Å². The third-order valence-corrected chi connectivity index (χ3v) is 4.83. The van der Waals surface area contributed by atoms with E-state index in [9.17, 15) is 9.59 Å². The lowest BCUT2D eigenvalue weighted by Gasteiger charge is -2.07. The van der Waals surface area contributed by atoms with Crippen LogP contribution in [0.5, 0.6) is 0 Å². The molecular weight excluding hydrogens is 350 g/mol. The maximum absolute atomic E-state index is 12.2. The van der Waals surface area contributed by atoms with E-state index in [2.05, 4.69) is 26.5 Å². The minimum Gasteiger partial charge on any atom is -0.465 e. The number of fused-ring (bicyclic) bond motifs is 1. The quantitative estimate of drug-likeness (QED) is 0.531. The van der Waals surface area contributed by atoms with Crippen LogP contribution in [0.15, 0.2) is 53.7 Å². The average molecular weight is 369 g/mol. The van der Waals surface area contributed by atoms with Crippen LogP contribution in [0.4, 0.5) is 5.69 Å². The lowest BCUT2D eigenvalue weighted by Crippen LogP contribution is -2.14. The van der Waals surface area contributed by atoms with Crippen LogP contribution in [-0.2, 0) is 16.1 Å². The SMILES string of the molecule is CCn1c(SCC(=O)Nc2ccc(C(=O)OC)cc2)nc2ccccc21. The molecule has 3 rings (SSSR count). The lowest BCUT2D eigenvalue weighted by atomic mass is 10.2. The van der Waals surface area contributed by atoms with Gasteiger partial charge < -0.3 is 14.6 Å². The zero-order chi connectivity index (χ0) is 18.5. The minimum atomic E-state index is -0.406. The normalized spacial score (nSPS) is 10.7. The van der Waals surface area contributed by atoms with Crippen molar-refractivity contribution in [2.75, 3.05) is 18.2 Å². The summed E-state index contributed by atoms with van der Waals surface area (Å²) in [6.07, 6.45) is 0. The van der Waals surface area contributed by atoms with Gasteiger partial charge in [-0.25, -0.2) is 9.78 Å². The first-order valence-electron chi connectivity index (χ1n) is 8.18. The van der Waals surface area contributed by atoms with E-state index in [0.29, 0.717) is 11.3 Å². The number of carbonyl (C=O) groups excluding carboxylic acids is 2. The molecule has 26 heavy (non-hydrogen) atoms. The summed E-state index contributed by atoms with van der Waals surface area (Å²) in [5.41, 5.74) is 3.07. The molecule has 0 aliphatic heterocycles. The number of nitrogens with one attached hydrogen (secondary N) is 1. The van der Waals surface area contributed by atoms with Crippen molar-refractivity contribution in [1.29, 1.82) is 0 Å². The molecule has 0 fully saturated rings. The molecule has 0 saturated heterocycles. The molecule has 0 atom stereocenters. The number of ether oxygens (including phenoxy) is 1. The Bertz CT molecular complexity index is 935. The molecule has 6 nitrogen and oxygen atoms in total. The third kappa shape index (κ3) is 3.88. The van der Waals surface area contributed by atoms with Gasteiger partial charge in [0.1, 0.15) is 0 Å².